The molecule has 4 nitrogen and oxygen atoms in total. The Labute approximate surface area is 136 Å². The number of hydrogen-bond donors (Lipinski definition) is 2. The number of H-pyrrole nitrogens is 1. The van der Waals surface area contributed by atoms with Gasteiger partial charge in [0.05, 0.1) is 17.7 Å². The molecule has 4 heteroatoms. The lowest BCUT2D eigenvalue weighted by Crippen LogP contribution is -2.33. The molecule has 0 bridgehead atoms. The van der Waals surface area contributed by atoms with Crippen LogP contribution >= 0.6 is 0 Å². The fraction of sp³-hybridized carbons (Fsp3) is 0.421. The van der Waals surface area contributed by atoms with Gasteiger partial charge in [-0.1, -0.05) is 25.1 Å². The molecule has 1 atom stereocenters. The summed E-state index contributed by atoms with van der Waals surface area (Å²) >= 11 is 0. The number of carbonyl (C=O) groups is 1. The predicted molar refractivity (Wildman–Crippen MR) is 92.7 cm³/mol. The second-order valence-electron chi connectivity index (χ2n) is 6.42. The standard InChI is InChI=1S/C19H24N2O2/c1-3-9-21(10-11-22)19(23)15-6-4-5-14-16-12-13(2)7-8-17(16)20-18(14)15/h3-6,13,20,22H,1,7-12H2,2H3. The molecule has 23 heavy (non-hydrogen) atoms. The molecule has 1 heterocycles. The van der Waals surface area contributed by atoms with Gasteiger partial charge in [0.25, 0.3) is 5.91 Å². The molecule has 3 rings (SSSR count). The highest BCUT2D eigenvalue weighted by Gasteiger charge is 2.23. The first-order chi connectivity index (χ1) is 11.2. The predicted octanol–water partition coefficient (Wildman–Crippen LogP) is 2.91. The van der Waals surface area contributed by atoms with Crippen LogP contribution in [0.5, 0.6) is 0 Å². The van der Waals surface area contributed by atoms with E-state index >= 15 is 0 Å². The van der Waals surface area contributed by atoms with Crippen LogP contribution in [-0.2, 0) is 12.8 Å². The minimum atomic E-state index is -0.0591. The maximum absolute atomic E-state index is 12.9. The van der Waals surface area contributed by atoms with Crippen molar-refractivity contribution in [1.82, 2.24) is 9.88 Å². The lowest BCUT2D eigenvalue weighted by Gasteiger charge is -2.20. The average molecular weight is 312 g/mol. The van der Waals surface area contributed by atoms with Gasteiger partial charge in [0, 0.05) is 24.2 Å². The van der Waals surface area contributed by atoms with Gasteiger partial charge in [0.1, 0.15) is 0 Å². The number of aliphatic hydroxyl groups excluding tert-OH is 1. The Morgan fingerprint density at radius 1 is 1.52 bits per heavy atom. The summed E-state index contributed by atoms with van der Waals surface area (Å²) in [6.45, 7) is 6.69. The zero-order valence-electron chi connectivity index (χ0n) is 13.6. The molecule has 0 saturated carbocycles. The number of benzene rings is 1. The quantitative estimate of drug-likeness (QED) is 0.834. The van der Waals surface area contributed by atoms with E-state index in [1.165, 1.54) is 23.1 Å². The molecule has 2 aromatic rings. The molecule has 1 aliphatic rings. The molecule has 0 radical (unpaired) electrons. The summed E-state index contributed by atoms with van der Waals surface area (Å²) in [6.07, 6.45) is 5.00. The Morgan fingerprint density at radius 2 is 2.35 bits per heavy atom. The van der Waals surface area contributed by atoms with Gasteiger partial charge < -0.3 is 15.0 Å². The van der Waals surface area contributed by atoms with Crippen LogP contribution in [0.2, 0.25) is 0 Å². The monoisotopic (exact) mass is 312 g/mol. The molecule has 122 valence electrons. The zero-order chi connectivity index (χ0) is 16.4. The molecule has 1 unspecified atom stereocenters. The number of fused-ring (bicyclic) bond motifs is 3. The number of para-hydroxylation sites is 1. The molecule has 1 aliphatic carbocycles. The van der Waals surface area contributed by atoms with Crippen LogP contribution < -0.4 is 0 Å². The Hall–Kier alpha value is -2.07. The van der Waals surface area contributed by atoms with Crippen LogP contribution in [0, 0.1) is 5.92 Å². The fourth-order valence-electron chi connectivity index (χ4n) is 3.52. The number of aryl methyl sites for hydroxylation is 1. The van der Waals surface area contributed by atoms with Crippen LogP contribution in [0.4, 0.5) is 0 Å². The first-order valence-corrected chi connectivity index (χ1v) is 8.29. The summed E-state index contributed by atoms with van der Waals surface area (Å²) in [4.78, 5) is 18.0. The summed E-state index contributed by atoms with van der Waals surface area (Å²) in [5, 5.41) is 10.4. The van der Waals surface area contributed by atoms with Crippen molar-refractivity contribution < 1.29 is 9.90 Å². The maximum atomic E-state index is 12.9. The maximum Gasteiger partial charge on any atom is 0.256 e. The van der Waals surface area contributed by atoms with Crippen LogP contribution in [0.15, 0.2) is 30.9 Å². The molecular weight excluding hydrogens is 288 g/mol. The Bertz CT molecular complexity index is 732. The summed E-state index contributed by atoms with van der Waals surface area (Å²) in [5.74, 6) is 0.628. The van der Waals surface area contributed by atoms with Crippen molar-refractivity contribution in [2.75, 3.05) is 19.7 Å². The fourth-order valence-corrected chi connectivity index (χ4v) is 3.52. The Kier molecular flexibility index (Phi) is 4.53. The largest absolute Gasteiger partial charge is 0.395 e. The van der Waals surface area contributed by atoms with Crippen molar-refractivity contribution >= 4 is 16.8 Å². The van der Waals surface area contributed by atoms with E-state index in [2.05, 4.69) is 24.6 Å². The molecule has 0 spiro atoms. The van der Waals surface area contributed by atoms with Crippen LogP contribution in [0.3, 0.4) is 0 Å². The second-order valence-corrected chi connectivity index (χ2v) is 6.42. The first-order valence-electron chi connectivity index (χ1n) is 8.29. The highest BCUT2D eigenvalue weighted by molar-refractivity contribution is 6.06. The van der Waals surface area contributed by atoms with Crippen molar-refractivity contribution in [3.8, 4) is 0 Å². The van der Waals surface area contributed by atoms with Crippen molar-refractivity contribution in [3.63, 3.8) is 0 Å². The minimum absolute atomic E-state index is 0.0473. The van der Waals surface area contributed by atoms with E-state index in [1.807, 2.05) is 12.1 Å². The van der Waals surface area contributed by atoms with Crippen molar-refractivity contribution in [3.05, 3.63) is 47.7 Å². The summed E-state index contributed by atoms with van der Waals surface area (Å²) in [6, 6.07) is 5.92. The second kappa shape index (κ2) is 6.59. The van der Waals surface area contributed by atoms with Gasteiger partial charge in [-0.2, -0.15) is 0 Å². The molecule has 2 N–H and O–H groups in total. The van der Waals surface area contributed by atoms with Crippen molar-refractivity contribution in [2.45, 2.75) is 26.2 Å². The third kappa shape index (κ3) is 2.91. The highest BCUT2D eigenvalue weighted by Crippen LogP contribution is 2.33. The molecule has 1 amide bonds. The smallest absolute Gasteiger partial charge is 0.256 e. The Balaban J connectivity index is 2.04. The minimum Gasteiger partial charge on any atom is -0.395 e. The molecule has 0 fully saturated rings. The molecule has 0 aliphatic heterocycles. The number of amides is 1. The number of rotatable bonds is 5. The van der Waals surface area contributed by atoms with Crippen LogP contribution in [0.1, 0.15) is 35.0 Å². The number of aromatic amines is 1. The van der Waals surface area contributed by atoms with Crippen molar-refractivity contribution in [2.24, 2.45) is 5.92 Å². The number of aromatic nitrogens is 1. The van der Waals surface area contributed by atoms with Gasteiger partial charge in [0.2, 0.25) is 0 Å². The van der Waals surface area contributed by atoms with Crippen LogP contribution in [-0.4, -0.2) is 40.6 Å². The van der Waals surface area contributed by atoms with E-state index in [9.17, 15) is 9.90 Å². The van der Waals surface area contributed by atoms with E-state index < -0.39 is 0 Å². The van der Waals surface area contributed by atoms with E-state index in [4.69, 9.17) is 0 Å². The summed E-state index contributed by atoms with van der Waals surface area (Å²) in [7, 11) is 0. The SMILES string of the molecule is C=CCN(CCO)C(=O)c1cccc2c3c([nH]c12)CCC(C)C3. The lowest BCUT2D eigenvalue weighted by atomic mass is 9.87. The first kappa shape index (κ1) is 15.8. The van der Waals surface area contributed by atoms with E-state index in [-0.39, 0.29) is 12.5 Å². The average Bonchev–Trinajstić information content (AvgIpc) is 2.92. The molecular formula is C19H24N2O2. The van der Waals surface area contributed by atoms with E-state index in [0.717, 1.165) is 18.4 Å². The van der Waals surface area contributed by atoms with Gasteiger partial charge in [-0.05, 0) is 36.8 Å². The number of nitrogens with one attached hydrogen (secondary N) is 1. The van der Waals surface area contributed by atoms with Gasteiger partial charge in [0.15, 0.2) is 0 Å². The summed E-state index contributed by atoms with van der Waals surface area (Å²) in [5.41, 5.74) is 4.25. The van der Waals surface area contributed by atoms with E-state index in [1.54, 1.807) is 11.0 Å². The zero-order valence-corrected chi connectivity index (χ0v) is 13.6. The topological polar surface area (TPSA) is 56.3 Å². The van der Waals surface area contributed by atoms with Gasteiger partial charge in [-0.25, -0.2) is 0 Å². The van der Waals surface area contributed by atoms with Crippen LogP contribution in [0.25, 0.3) is 10.9 Å². The number of hydrogen-bond acceptors (Lipinski definition) is 2. The third-order valence-electron chi connectivity index (χ3n) is 4.71. The summed E-state index contributed by atoms with van der Waals surface area (Å²) < 4.78 is 0. The van der Waals surface area contributed by atoms with Gasteiger partial charge >= 0.3 is 0 Å². The number of carbonyl (C=O) groups excluding carboxylic acids is 1. The number of nitrogens with zero attached hydrogens (tertiary/aromatic N) is 1. The Morgan fingerprint density at radius 3 is 3.09 bits per heavy atom. The third-order valence-corrected chi connectivity index (χ3v) is 4.71. The van der Waals surface area contributed by atoms with E-state index in [0.29, 0.717) is 24.6 Å². The van der Waals surface area contributed by atoms with Gasteiger partial charge in [-0.15, -0.1) is 6.58 Å². The highest BCUT2D eigenvalue weighted by atomic mass is 16.3. The molecule has 1 aromatic carbocycles. The normalized spacial score (nSPS) is 17.0. The number of aliphatic hydroxyl groups is 1. The lowest BCUT2D eigenvalue weighted by molar-refractivity contribution is 0.0744. The molecule has 1 aromatic heterocycles. The van der Waals surface area contributed by atoms with Gasteiger partial charge in [-0.3, -0.25) is 4.79 Å². The molecule has 0 saturated heterocycles. The van der Waals surface area contributed by atoms with Crippen molar-refractivity contribution in [1.29, 1.82) is 0 Å².